The molecule has 0 unspecified atom stereocenters. The normalized spacial score (nSPS) is 11.6. The molecule has 1 aromatic carbocycles. The average Bonchev–Trinajstić information content (AvgIpc) is 2.71. The fourth-order valence-corrected chi connectivity index (χ4v) is 5.08. The van der Waals surface area contributed by atoms with Crippen molar-refractivity contribution in [3.8, 4) is 12.0 Å². The highest BCUT2D eigenvalue weighted by molar-refractivity contribution is 7.94. The first-order valence-corrected chi connectivity index (χ1v) is 11.2. The highest BCUT2D eigenvalue weighted by Gasteiger charge is 2.27. The molecule has 0 aliphatic heterocycles. The molecule has 2 aromatic rings. The second kappa shape index (κ2) is 9.64. The number of anilines is 1. The van der Waals surface area contributed by atoms with Crippen LogP contribution < -0.4 is 19.5 Å². The molecule has 2 N–H and O–H groups in total. The third kappa shape index (κ3) is 5.74. The molecule has 2 amide bonds. The first kappa shape index (κ1) is 23.2. The van der Waals surface area contributed by atoms with Crippen LogP contribution in [0, 0.1) is 0 Å². The Morgan fingerprint density at radius 2 is 1.50 bits per heavy atom. The number of urea groups is 1. The third-order valence-corrected chi connectivity index (χ3v) is 6.69. The van der Waals surface area contributed by atoms with Gasteiger partial charge in [0, 0.05) is 7.11 Å². The summed E-state index contributed by atoms with van der Waals surface area (Å²) in [6, 6.07) is 3.26. The fraction of sp³-hybridized carbons (Fsp3) is 0.333. The zero-order valence-corrected chi connectivity index (χ0v) is 17.8. The molecule has 1 heterocycles. The van der Waals surface area contributed by atoms with Crippen molar-refractivity contribution in [1.82, 2.24) is 19.7 Å². The van der Waals surface area contributed by atoms with E-state index < -0.39 is 41.4 Å². The van der Waals surface area contributed by atoms with Crippen molar-refractivity contribution in [1.29, 1.82) is 0 Å². The molecule has 0 fully saturated rings. The minimum absolute atomic E-state index is 0.131. The van der Waals surface area contributed by atoms with E-state index in [-0.39, 0.29) is 24.6 Å². The summed E-state index contributed by atoms with van der Waals surface area (Å²) in [5.74, 6) is -0.792. The number of carbonyl (C=O) groups is 1. The van der Waals surface area contributed by atoms with Crippen LogP contribution in [0.25, 0.3) is 0 Å². The SMILES string of the molecule is COCCS(=O)(=O)c1ccccc1S(=O)(=O)NC(=O)Nc1nc(OC)nc(OC)n1. The quantitative estimate of drug-likeness (QED) is 0.506. The number of rotatable bonds is 9. The molecule has 0 aliphatic carbocycles. The second-order valence-corrected chi connectivity index (χ2v) is 9.18. The van der Waals surface area contributed by atoms with E-state index in [2.05, 4.69) is 20.3 Å². The number of ether oxygens (including phenoxy) is 3. The Morgan fingerprint density at radius 1 is 0.933 bits per heavy atom. The number of nitrogens with one attached hydrogen (secondary N) is 2. The number of carbonyl (C=O) groups excluding carboxylic acids is 1. The Kier molecular flexibility index (Phi) is 7.47. The molecule has 13 nitrogen and oxygen atoms in total. The van der Waals surface area contributed by atoms with E-state index >= 15 is 0 Å². The van der Waals surface area contributed by atoms with Gasteiger partial charge in [-0.1, -0.05) is 12.1 Å². The number of aromatic nitrogens is 3. The van der Waals surface area contributed by atoms with Crippen molar-refractivity contribution in [3.05, 3.63) is 24.3 Å². The van der Waals surface area contributed by atoms with Crippen molar-refractivity contribution in [2.75, 3.05) is 39.0 Å². The Morgan fingerprint density at radius 3 is 2.03 bits per heavy atom. The Hall–Kier alpha value is -3.04. The summed E-state index contributed by atoms with van der Waals surface area (Å²) < 4.78 is 66.3. The van der Waals surface area contributed by atoms with Crippen LogP contribution in [0.4, 0.5) is 10.7 Å². The second-order valence-electron chi connectivity index (χ2n) is 5.45. The number of sulfone groups is 1. The van der Waals surface area contributed by atoms with E-state index in [1.807, 2.05) is 0 Å². The van der Waals surface area contributed by atoms with Gasteiger partial charge in [0.25, 0.3) is 10.0 Å². The minimum atomic E-state index is -4.57. The lowest BCUT2D eigenvalue weighted by Gasteiger charge is -2.12. The molecule has 0 radical (unpaired) electrons. The molecule has 30 heavy (non-hydrogen) atoms. The van der Waals surface area contributed by atoms with Crippen LogP contribution in [0.15, 0.2) is 34.1 Å². The Labute approximate surface area is 172 Å². The van der Waals surface area contributed by atoms with Crippen molar-refractivity contribution in [2.45, 2.75) is 9.79 Å². The summed E-state index contributed by atoms with van der Waals surface area (Å²) >= 11 is 0. The zero-order chi connectivity index (χ0) is 22.4. The molecule has 2 rings (SSSR count). The number of methoxy groups -OCH3 is 3. The molecule has 15 heteroatoms. The summed E-state index contributed by atoms with van der Waals surface area (Å²) in [5, 5.41) is 2.09. The highest BCUT2D eigenvalue weighted by atomic mass is 32.2. The van der Waals surface area contributed by atoms with Gasteiger partial charge in [0.05, 0.1) is 31.5 Å². The lowest BCUT2D eigenvalue weighted by molar-refractivity contribution is 0.217. The summed E-state index contributed by atoms with van der Waals surface area (Å²) in [6.45, 7) is -0.131. The summed E-state index contributed by atoms with van der Waals surface area (Å²) in [4.78, 5) is 22.3. The molecular formula is C15H19N5O8S2. The van der Waals surface area contributed by atoms with Crippen LogP contribution in [0.5, 0.6) is 12.0 Å². The largest absolute Gasteiger partial charge is 0.467 e. The monoisotopic (exact) mass is 461 g/mol. The maximum atomic E-state index is 12.7. The van der Waals surface area contributed by atoms with E-state index in [9.17, 15) is 21.6 Å². The van der Waals surface area contributed by atoms with Gasteiger partial charge in [-0.25, -0.2) is 26.4 Å². The number of benzene rings is 1. The Balaban J connectivity index is 2.29. The smallest absolute Gasteiger partial charge is 0.335 e. The topological polar surface area (TPSA) is 176 Å². The molecule has 0 bridgehead atoms. The van der Waals surface area contributed by atoms with Crippen LogP contribution in [0.1, 0.15) is 0 Å². The van der Waals surface area contributed by atoms with E-state index in [1.165, 1.54) is 33.5 Å². The maximum absolute atomic E-state index is 12.7. The van der Waals surface area contributed by atoms with Gasteiger partial charge in [-0.2, -0.15) is 9.97 Å². The first-order chi connectivity index (χ1) is 14.1. The number of amides is 2. The standard InChI is InChI=1S/C15H19N5O8S2/c1-26-8-9-29(22,23)10-6-4-5-7-11(10)30(24,25)20-13(21)16-12-17-14(27-2)19-15(18-12)28-3/h4-7H,8-9H2,1-3H3,(H2,16,17,18,19,20,21). The highest BCUT2D eigenvalue weighted by Crippen LogP contribution is 2.22. The minimum Gasteiger partial charge on any atom is -0.467 e. The van der Waals surface area contributed by atoms with E-state index in [0.29, 0.717) is 0 Å². The van der Waals surface area contributed by atoms with Gasteiger partial charge in [0.15, 0.2) is 9.84 Å². The number of sulfonamides is 1. The van der Waals surface area contributed by atoms with Gasteiger partial charge in [0.2, 0.25) is 5.95 Å². The van der Waals surface area contributed by atoms with E-state index in [1.54, 1.807) is 4.72 Å². The lowest BCUT2D eigenvalue weighted by atomic mass is 10.4. The van der Waals surface area contributed by atoms with E-state index in [4.69, 9.17) is 14.2 Å². The fourth-order valence-electron chi connectivity index (χ4n) is 2.11. The number of hydrogen-bond donors (Lipinski definition) is 2. The molecule has 0 spiro atoms. The molecule has 0 atom stereocenters. The van der Waals surface area contributed by atoms with Gasteiger partial charge in [0.1, 0.15) is 4.90 Å². The maximum Gasteiger partial charge on any atom is 0.335 e. The predicted molar refractivity (Wildman–Crippen MR) is 103 cm³/mol. The molecule has 0 saturated heterocycles. The van der Waals surface area contributed by atoms with Crippen LogP contribution in [0.2, 0.25) is 0 Å². The van der Waals surface area contributed by atoms with Crippen molar-refractivity contribution in [2.24, 2.45) is 0 Å². The van der Waals surface area contributed by atoms with Crippen molar-refractivity contribution in [3.63, 3.8) is 0 Å². The van der Waals surface area contributed by atoms with Gasteiger partial charge in [-0.15, -0.1) is 4.98 Å². The van der Waals surface area contributed by atoms with Gasteiger partial charge in [-0.05, 0) is 12.1 Å². The van der Waals surface area contributed by atoms with E-state index in [0.717, 1.165) is 12.1 Å². The molecular weight excluding hydrogens is 442 g/mol. The van der Waals surface area contributed by atoms with Crippen molar-refractivity contribution >= 4 is 31.8 Å². The van der Waals surface area contributed by atoms with Crippen molar-refractivity contribution < 1.29 is 35.8 Å². The average molecular weight is 461 g/mol. The molecule has 0 saturated carbocycles. The molecule has 164 valence electrons. The zero-order valence-electron chi connectivity index (χ0n) is 16.1. The molecule has 1 aromatic heterocycles. The van der Waals surface area contributed by atoms with Crippen LogP contribution in [-0.4, -0.2) is 71.5 Å². The van der Waals surface area contributed by atoms with Crippen LogP contribution in [0.3, 0.4) is 0 Å². The van der Waals surface area contributed by atoms with Crippen LogP contribution >= 0.6 is 0 Å². The predicted octanol–water partition coefficient (Wildman–Crippen LogP) is -0.181. The van der Waals surface area contributed by atoms with Crippen LogP contribution in [-0.2, 0) is 24.6 Å². The third-order valence-electron chi connectivity index (χ3n) is 3.44. The summed E-state index contributed by atoms with van der Waals surface area (Å²) in [5.41, 5.74) is 0. The molecule has 0 aliphatic rings. The Bertz CT molecular complexity index is 1100. The lowest BCUT2D eigenvalue weighted by Crippen LogP contribution is -2.35. The van der Waals surface area contributed by atoms with Gasteiger partial charge < -0.3 is 14.2 Å². The first-order valence-electron chi connectivity index (χ1n) is 8.11. The summed E-state index contributed by atoms with van der Waals surface area (Å²) in [6.07, 6.45) is 0. The van der Waals surface area contributed by atoms with Gasteiger partial charge in [-0.3, -0.25) is 5.32 Å². The number of nitrogens with zero attached hydrogens (tertiary/aromatic N) is 3. The summed E-state index contributed by atoms with van der Waals surface area (Å²) in [7, 11) is -4.71. The van der Waals surface area contributed by atoms with Gasteiger partial charge >= 0.3 is 18.1 Å². The number of hydrogen-bond acceptors (Lipinski definition) is 11.